The van der Waals surface area contributed by atoms with E-state index in [0.717, 1.165) is 20.3 Å². The van der Waals surface area contributed by atoms with Crippen LogP contribution in [0.15, 0.2) is 6.08 Å². The van der Waals surface area contributed by atoms with Crippen LogP contribution < -0.4 is 0 Å². The van der Waals surface area contributed by atoms with Crippen LogP contribution in [0.1, 0.15) is 6.42 Å². The van der Waals surface area contributed by atoms with E-state index in [1.165, 1.54) is 5.94 Å². The molecular formula is C8H12O6. The second-order valence-corrected chi connectivity index (χ2v) is 2.16. The second-order valence-electron chi connectivity index (χ2n) is 2.16. The Kier molecular flexibility index (Phi) is 8.46. The first kappa shape index (κ1) is 14.9. The largest absolute Gasteiger partial charge is 0.468 e. The minimum atomic E-state index is -1.07. The quantitative estimate of drug-likeness (QED) is 0.328. The molecule has 0 radical (unpaired) electrons. The van der Waals surface area contributed by atoms with Gasteiger partial charge < -0.3 is 14.9 Å². The molecule has 2 N–H and O–H groups in total. The molecule has 14 heavy (non-hydrogen) atoms. The molecule has 0 aromatic carbocycles. The van der Waals surface area contributed by atoms with Crippen LogP contribution in [0.3, 0.4) is 0 Å². The Morgan fingerprint density at radius 2 is 1.71 bits per heavy atom. The summed E-state index contributed by atoms with van der Waals surface area (Å²) in [5.74, 6) is -1.05. The summed E-state index contributed by atoms with van der Waals surface area (Å²) >= 11 is 0. The third-order valence-electron chi connectivity index (χ3n) is 1.41. The van der Waals surface area contributed by atoms with E-state index in [9.17, 15) is 14.4 Å². The maximum atomic E-state index is 10.9. The van der Waals surface area contributed by atoms with Crippen LogP contribution in [0.25, 0.3) is 0 Å². The third kappa shape index (κ3) is 4.39. The number of esters is 2. The number of carbonyl (C=O) groups excluding carboxylic acids is 3. The highest BCUT2D eigenvalue weighted by molar-refractivity contribution is 5.95. The van der Waals surface area contributed by atoms with Crippen molar-refractivity contribution in [2.24, 2.45) is 5.92 Å². The summed E-state index contributed by atoms with van der Waals surface area (Å²) in [5, 5.41) is 0. The molecule has 6 heteroatoms. The van der Waals surface area contributed by atoms with E-state index in [0.29, 0.717) is 0 Å². The van der Waals surface area contributed by atoms with Crippen LogP contribution in [0.5, 0.6) is 0 Å². The Bertz CT molecular complexity index is 224. The van der Waals surface area contributed by atoms with Crippen molar-refractivity contribution < 1.29 is 29.3 Å². The monoisotopic (exact) mass is 204 g/mol. The highest BCUT2D eigenvalue weighted by Gasteiger charge is 2.27. The number of rotatable bonds is 4. The van der Waals surface area contributed by atoms with Crippen molar-refractivity contribution in [1.82, 2.24) is 0 Å². The Morgan fingerprint density at radius 3 is 2.00 bits per heavy atom. The fraction of sp³-hybridized carbons (Fsp3) is 0.500. The van der Waals surface area contributed by atoms with Gasteiger partial charge in [-0.05, 0) is 0 Å². The molecular weight excluding hydrogens is 192 g/mol. The number of carbonyl (C=O) groups is 2. The Labute approximate surface area is 80.8 Å². The van der Waals surface area contributed by atoms with Gasteiger partial charge in [0.05, 0.1) is 14.2 Å². The van der Waals surface area contributed by atoms with Gasteiger partial charge in [0, 0.05) is 12.5 Å². The molecule has 0 unspecified atom stereocenters. The fourth-order valence-electron chi connectivity index (χ4n) is 0.739. The van der Waals surface area contributed by atoms with Crippen LogP contribution in [-0.2, 0) is 23.9 Å². The predicted molar refractivity (Wildman–Crippen MR) is 46.0 cm³/mol. The molecule has 0 aliphatic rings. The molecule has 0 amide bonds. The smallest absolute Gasteiger partial charge is 0.320 e. The number of hydrogen-bond acceptors (Lipinski definition) is 5. The second kappa shape index (κ2) is 7.97. The van der Waals surface area contributed by atoms with Gasteiger partial charge in [0.1, 0.15) is 5.94 Å². The molecule has 6 nitrogen and oxygen atoms in total. The van der Waals surface area contributed by atoms with Crippen LogP contribution >= 0.6 is 0 Å². The lowest BCUT2D eigenvalue weighted by Crippen LogP contribution is -2.25. The zero-order chi connectivity index (χ0) is 10.3. The Balaban J connectivity index is 0. The molecule has 0 aromatic rings. The van der Waals surface area contributed by atoms with E-state index < -0.39 is 17.9 Å². The van der Waals surface area contributed by atoms with Crippen LogP contribution in [0, 0.1) is 5.92 Å². The lowest BCUT2D eigenvalue weighted by Gasteiger charge is -2.08. The van der Waals surface area contributed by atoms with Crippen molar-refractivity contribution in [3.05, 3.63) is 6.08 Å². The molecule has 0 aromatic heterocycles. The average Bonchev–Trinajstić information content (AvgIpc) is 2.17. The fourth-order valence-corrected chi connectivity index (χ4v) is 0.739. The summed E-state index contributed by atoms with van der Waals surface area (Å²) in [6.45, 7) is 0. The van der Waals surface area contributed by atoms with Gasteiger partial charge in [-0.1, -0.05) is 0 Å². The minimum absolute atomic E-state index is 0. The summed E-state index contributed by atoms with van der Waals surface area (Å²) in [6, 6.07) is 0. The van der Waals surface area contributed by atoms with E-state index in [-0.39, 0.29) is 11.9 Å². The van der Waals surface area contributed by atoms with Crippen molar-refractivity contribution >= 4 is 17.9 Å². The van der Waals surface area contributed by atoms with E-state index in [1.54, 1.807) is 0 Å². The first-order chi connectivity index (χ1) is 6.17. The van der Waals surface area contributed by atoms with Gasteiger partial charge >= 0.3 is 11.9 Å². The summed E-state index contributed by atoms with van der Waals surface area (Å²) < 4.78 is 8.69. The molecule has 0 saturated heterocycles. The summed E-state index contributed by atoms with van der Waals surface area (Å²) in [7, 11) is 2.31. The standard InChI is InChI=1S/C8H10O5.H2O/c1-12-7(10)6(4-3-5-9)8(11)13-2;/h3,6H,4H2,1-2H3;1H2. The summed E-state index contributed by atoms with van der Waals surface area (Å²) in [4.78, 5) is 31.7. The molecule has 0 atom stereocenters. The maximum absolute atomic E-state index is 10.9. The van der Waals surface area contributed by atoms with E-state index in [1.807, 2.05) is 0 Å². The molecule has 0 saturated carbocycles. The van der Waals surface area contributed by atoms with Crippen molar-refractivity contribution in [2.45, 2.75) is 6.42 Å². The average molecular weight is 204 g/mol. The predicted octanol–water partition coefficient (Wildman–Crippen LogP) is -1.10. The van der Waals surface area contributed by atoms with Crippen LogP contribution in [-0.4, -0.2) is 37.6 Å². The zero-order valence-corrected chi connectivity index (χ0v) is 7.90. The van der Waals surface area contributed by atoms with E-state index in [4.69, 9.17) is 0 Å². The number of methoxy groups -OCH3 is 2. The molecule has 80 valence electrons. The van der Waals surface area contributed by atoms with Gasteiger partial charge in [0.2, 0.25) is 0 Å². The van der Waals surface area contributed by atoms with Crippen molar-refractivity contribution in [3.63, 3.8) is 0 Å². The van der Waals surface area contributed by atoms with Gasteiger partial charge in [-0.3, -0.25) is 9.59 Å². The minimum Gasteiger partial charge on any atom is -0.468 e. The molecule has 0 heterocycles. The van der Waals surface area contributed by atoms with Gasteiger partial charge in [-0.2, -0.15) is 0 Å². The number of allylic oxidation sites excluding steroid dienone is 1. The van der Waals surface area contributed by atoms with Crippen molar-refractivity contribution in [3.8, 4) is 0 Å². The Morgan fingerprint density at radius 1 is 1.29 bits per heavy atom. The van der Waals surface area contributed by atoms with E-state index in [2.05, 4.69) is 9.47 Å². The van der Waals surface area contributed by atoms with Gasteiger partial charge in [-0.25, -0.2) is 4.79 Å². The van der Waals surface area contributed by atoms with E-state index >= 15 is 0 Å². The number of hydrogen-bond donors (Lipinski definition) is 0. The first-order valence-electron chi connectivity index (χ1n) is 3.52. The topological polar surface area (TPSA) is 101 Å². The third-order valence-corrected chi connectivity index (χ3v) is 1.41. The molecule has 0 rings (SSSR count). The lowest BCUT2D eigenvalue weighted by atomic mass is 10.1. The molecule has 0 spiro atoms. The summed E-state index contributed by atoms with van der Waals surface area (Å²) in [5.41, 5.74) is 0. The first-order valence-corrected chi connectivity index (χ1v) is 3.52. The van der Waals surface area contributed by atoms with Gasteiger partial charge in [0.15, 0.2) is 5.92 Å². The zero-order valence-electron chi connectivity index (χ0n) is 7.90. The van der Waals surface area contributed by atoms with Crippen molar-refractivity contribution in [1.29, 1.82) is 0 Å². The number of ether oxygens (including phenoxy) is 2. The van der Waals surface area contributed by atoms with Gasteiger partial charge in [0.25, 0.3) is 0 Å². The molecule has 0 aliphatic carbocycles. The molecule has 0 aliphatic heterocycles. The summed E-state index contributed by atoms with van der Waals surface area (Å²) in [6.07, 6.45) is 0.987. The maximum Gasteiger partial charge on any atom is 0.320 e. The highest BCUT2D eigenvalue weighted by Crippen LogP contribution is 2.07. The SMILES string of the molecule is COC(=O)C(CC=C=O)C(=O)OC.O. The van der Waals surface area contributed by atoms with Crippen LogP contribution in [0.2, 0.25) is 0 Å². The van der Waals surface area contributed by atoms with Crippen LogP contribution in [0.4, 0.5) is 0 Å². The molecule has 0 fully saturated rings. The van der Waals surface area contributed by atoms with Crippen molar-refractivity contribution in [2.75, 3.05) is 14.2 Å². The molecule has 0 bridgehead atoms. The highest BCUT2D eigenvalue weighted by atomic mass is 16.5. The Hall–Kier alpha value is -1.65. The normalized spacial score (nSPS) is 8.21. The van der Waals surface area contributed by atoms with Gasteiger partial charge in [-0.15, -0.1) is 0 Å². The lowest BCUT2D eigenvalue weighted by molar-refractivity contribution is -0.158.